The van der Waals surface area contributed by atoms with E-state index in [1.807, 2.05) is 6.92 Å². The van der Waals surface area contributed by atoms with E-state index in [0.717, 1.165) is 25.7 Å². The molecule has 1 aromatic carbocycles. The summed E-state index contributed by atoms with van der Waals surface area (Å²) in [5, 5.41) is 0. The molecule has 1 aromatic rings. The van der Waals surface area contributed by atoms with Gasteiger partial charge in [-0.1, -0.05) is 13.8 Å². The Morgan fingerprint density at radius 2 is 1.88 bits per heavy atom. The Balaban J connectivity index is 1.32. The number of hydrogen-bond acceptors (Lipinski definition) is 5. The first-order valence-electron chi connectivity index (χ1n) is 12.0. The lowest BCUT2D eigenvalue weighted by atomic mass is 9.57. The van der Waals surface area contributed by atoms with Gasteiger partial charge in [0.2, 0.25) is 11.7 Å². The summed E-state index contributed by atoms with van der Waals surface area (Å²) in [4.78, 5) is 26.5. The first-order valence-corrected chi connectivity index (χ1v) is 12.0. The number of fused-ring (bicyclic) bond motifs is 2. The van der Waals surface area contributed by atoms with Crippen molar-refractivity contribution in [3.63, 3.8) is 0 Å². The highest BCUT2D eigenvalue weighted by molar-refractivity contribution is 5.92. The van der Waals surface area contributed by atoms with Gasteiger partial charge in [-0.3, -0.25) is 4.79 Å². The zero-order valence-corrected chi connectivity index (χ0v) is 19.4. The van der Waals surface area contributed by atoms with Crippen molar-refractivity contribution in [3.05, 3.63) is 30.1 Å². The van der Waals surface area contributed by atoms with Crippen LogP contribution in [-0.4, -0.2) is 36.7 Å². The zero-order valence-electron chi connectivity index (χ0n) is 19.4. The van der Waals surface area contributed by atoms with E-state index < -0.39 is 17.7 Å². The fourth-order valence-corrected chi connectivity index (χ4v) is 6.55. The number of rotatable bonds is 4. The lowest BCUT2D eigenvalue weighted by Crippen LogP contribution is -2.70. The monoisotopic (exact) mass is 447 g/mol. The van der Waals surface area contributed by atoms with Crippen LogP contribution in [0, 0.1) is 29.5 Å². The zero-order chi connectivity index (χ0) is 22.7. The van der Waals surface area contributed by atoms with Crippen LogP contribution in [0.1, 0.15) is 59.3 Å². The standard InChI is InChI=1S/C25H34FNO5/c1-15-5-10-20-16(2)21(11-12-22(28)27(4)18-8-6-17(26)7-9-18)29-23-25(20)19(15)13-14-24(3,30-23)31-32-25/h6-9,15-16,19-21,23H,5,10-14H2,1-4H3/t15-,16-,19+,20+,21-,23-,24+,25-/m1/s1. The molecule has 32 heavy (non-hydrogen) atoms. The van der Waals surface area contributed by atoms with Crippen LogP contribution in [0.15, 0.2) is 24.3 Å². The molecular formula is C25H34FNO5. The number of ether oxygens (including phenoxy) is 2. The van der Waals surface area contributed by atoms with E-state index in [-0.39, 0.29) is 29.7 Å². The van der Waals surface area contributed by atoms with Gasteiger partial charge in [-0.15, -0.1) is 0 Å². The van der Waals surface area contributed by atoms with Gasteiger partial charge in [-0.05, 0) is 74.6 Å². The number of nitrogens with zero attached hydrogens (tertiary/aromatic N) is 1. The van der Waals surface area contributed by atoms with Crippen LogP contribution in [0.25, 0.3) is 0 Å². The average molecular weight is 448 g/mol. The predicted molar refractivity (Wildman–Crippen MR) is 116 cm³/mol. The Kier molecular flexibility index (Phi) is 5.60. The molecule has 0 radical (unpaired) electrons. The summed E-state index contributed by atoms with van der Waals surface area (Å²) < 4.78 is 26.2. The summed E-state index contributed by atoms with van der Waals surface area (Å²) in [6, 6.07) is 5.97. The summed E-state index contributed by atoms with van der Waals surface area (Å²) >= 11 is 0. The first kappa shape index (κ1) is 22.3. The molecule has 0 N–H and O–H groups in total. The third-order valence-corrected chi connectivity index (χ3v) is 8.53. The normalized spacial score (nSPS) is 42.8. The fourth-order valence-electron chi connectivity index (χ4n) is 6.55. The largest absolute Gasteiger partial charge is 0.346 e. The maximum absolute atomic E-state index is 13.2. The van der Waals surface area contributed by atoms with Crippen molar-refractivity contribution in [2.24, 2.45) is 23.7 Å². The van der Waals surface area contributed by atoms with E-state index in [1.165, 1.54) is 12.1 Å². The Bertz CT molecular complexity index is 864. The van der Waals surface area contributed by atoms with Gasteiger partial charge in [-0.2, -0.15) is 0 Å². The lowest BCUT2D eigenvalue weighted by Gasteiger charge is -2.60. The van der Waals surface area contributed by atoms with Crippen molar-refractivity contribution in [2.45, 2.75) is 83.1 Å². The van der Waals surface area contributed by atoms with Crippen LogP contribution in [0.3, 0.4) is 0 Å². The topological polar surface area (TPSA) is 57.2 Å². The minimum absolute atomic E-state index is 0.0160. The third-order valence-electron chi connectivity index (χ3n) is 8.53. The molecule has 4 heterocycles. The van der Waals surface area contributed by atoms with Gasteiger partial charge in [0.25, 0.3) is 0 Å². The number of carbonyl (C=O) groups is 1. The molecule has 4 aliphatic heterocycles. The Labute approximate surface area is 189 Å². The third kappa shape index (κ3) is 3.49. The molecule has 4 saturated heterocycles. The van der Waals surface area contributed by atoms with E-state index in [0.29, 0.717) is 30.4 Å². The molecule has 1 amide bonds. The highest BCUT2D eigenvalue weighted by atomic mass is 19.1. The van der Waals surface area contributed by atoms with Gasteiger partial charge < -0.3 is 14.4 Å². The van der Waals surface area contributed by atoms with Gasteiger partial charge in [0, 0.05) is 31.5 Å². The van der Waals surface area contributed by atoms with Gasteiger partial charge >= 0.3 is 0 Å². The number of amides is 1. The molecule has 1 spiro atoms. The summed E-state index contributed by atoms with van der Waals surface area (Å²) in [7, 11) is 1.72. The highest BCUT2D eigenvalue weighted by Gasteiger charge is 2.69. The summed E-state index contributed by atoms with van der Waals surface area (Å²) in [5.41, 5.74) is 0.110. The molecule has 6 nitrogen and oxygen atoms in total. The van der Waals surface area contributed by atoms with Crippen molar-refractivity contribution in [3.8, 4) is 0 Å². The number of benzene rings is 1. The molecular weight excluding hydrogens is 413 g/mol. The van der Waals surface area contributed by atoms with Crippen LogP contribution in [0.4, 0.5) is 10.1 Å². The second-order valence-electron chi connectivity index (χ2n) is 10.4. The highest BCUT2D eigenvalue weighted by Crippen LogP contribution is 2.60. The van der Waals surface area contributed by atoms with E-state index >= 15 is 0 Å². The van der Waals surface area contributed by atoms with Crippen LogP contribution in [0.5, 0.6) is 0 Å². The molecule has 8 atom stereocenters. The molecule has 176 valence electrons. The van der Waals surface area contributed by atoms with E-state index in [9.17, 15) is 9.18 Å². The minimum atomic E-state index is -0.790. The summed E-state index contributed by atoms with van der Waals surface area (Å²) in [5.74, 6) is 0.231. The number of anilines is 1. The second kappa shape index (κ2) is 8.05. The summed E-state index contributed by atoms with van der Waals surface area (Å²) in [6.45, 7) is 6.44. The molecule has 0 unspecified atom stereocenters. The van der Waals surface area contributed by atoms with E-state index in [1.54, 1.807) is 24.1 Å². The van der Waals surface area contributed by atoms with Crippen molar-refractivity contribution in [2.75, 3.05) is 11.9 Å². The molecule has 5 aliphatic rings. The SMILES string of the molecule is C[C@H]1[C@@H](CCC(=O)N(C)c2ccc(F)cc2)O[C@@H]2O[C@]3(C)CC[C@H]4[C@H](C)CC[C@@H]1[C@@]24OO3. The van der Waals surface area contributed by atoms with Crippen molar-refractivity contribution in [1.82, 2.24) is 0 Å². The van der Waals surface area contributed by atoms with Gasteiger partial charge in [0.05, 0.1) is 6.10 Å². The fraction of sp³-hybridized carbons (Fsp3) is 0.720. The average Bonchev–Trinajstić information content (AvgIpc) is 3.01. The van der Waals surface area contributed by atoms with Crippen molar-refractivity contribution < 1.29 is 28.4 Å². The van der Waals surface area contributed by atoms with Gasteiger partial charge in [0.1, 0.15) is 5.82 Å². The first-order chi connectivity index (χ1) is 15.2. The van der Waals surface area contributed by atoms with Crippen LogP contribution in [-0.2, 0) is 24.0 Å². The Hall–Kier alpha value is -1.54. The Morgan fingerprint density at radius 3 is 2.62 bits per heavy atom. The van der Waals surface area contributed by atoms with Gasteiger partial charge in [-0.25, -0.2) is 14.2 Å². The Morgan fingerprint density at radius 1 is 1.12 bits per heavy atom. The molecule has 0 aromatic heterocycles. The van der Waals surface area contributed by atoms with E-state index in [2.05, 4.69) is 13.8 Å². The van der Waals surface area contributed by atoms with Crippen molar-refractivity contribution in [1.29, 1.82) is 0 Å². The number of halogens is 1. The van der Waals surface area contributed by atoms with Crippen LogP contribution < -0.4 is 4.90 Å². The second-order valence-corrected chi connectivity index (χ2v) is 10.4. The smallest absolute Gasteiger partial charge is 0.226 e. The molecule has 1 aliphatic carbocycles. The molecule has 1 saturated carbocycles. The van der Waals surface area contributed by atoms with Crippen molar-refractivity contribution >= 4 is 11.6 Å². The molecule has 7 heteroatoms. The predicted octanol–water partition coefficient (Wildman–Crippen LogP) is 4.82. The van der Waals surface area contributed by atoms with Crippen LogP contribution >= 0.6 is 0 Å². The number of carbonyl (C=O) groups excluding carboxylic acids is 1. The summed E-state index contributed by atoms with van der Waals surface area (Å²) in [6.07, 6.45) is 4.38. The maximum atomic E-state index is 13.2. The van der Waals surface area contributed by atoms with Crippen LogP contribution in [0.2, 0.25) is 0 Å². The minimum Gasteiger partial charge on any atom is -0.346 e. The molecule has 6 rings (SSSR count). The molecule has 2 bridgehead atoms. The van der Waals surface area contributed by atoms with Gasteiger partial charge in [0.15, 0.2) is 11.9 Å². The lowest BCUT2D eigenvalue weighted by molar-refractivity contribution is -0.571. The van der Waals surface area contributed by atoms with E-state index in [4.69, 9.17) is 19.2 Å². The number of hydrogen-bond donors (Lipinski definition) is 0. The maximum Gasteiger partial charge on any atom is 0.226 e. The quantitative estimate of drug-likeness (QED) is 0.620. The molecule has 5 fully saturated rings.